The van der Waals surface area contributed by atoms with Crippen LogP contribution in [0.25, 0.3) is 22.8 Å². The number of nitrogens with zero attached hydrogens (tertiary/aromatic N) is 2. The van der Waals surface area contributed by atoms with Crippen LogP contribution < -0.4 is 10.1 Å². The normalized spacial score (nSPS) is 10.7. The zero-order valence-electron chi connectivity index (χ0n) is 17.7. The second-order valence-corrected chi connectivity index (χ2v) is 7.44. The minimum absolute atomic E-state index is 0.136. The van der Waals surface area contributed by atoms with Crippen molar-refractivity contribution in [2.45, 2.75) is 20.8 Å². The summed E-state index contributed by atoms with van der Waals surface area (Å²) < 4.78 is 11.3. The molecule has 4 rings (SSSR count). The molecule has 0 saturated heterocycles. The molecule has 0 aliphatic heterocycles. The van der Waals surface area contributed by atoms with E-state index in [0.717, 1.165) is 27.9 Å². The van der Waals surface area contributed by atoms with Crippen LogP contribution in [0.4, 0.5) is 5.69 Å². The van der Waals surface area contributed by atoms with E-state index in [2.05, 4.69) is 15.5 Å². The van der Waals surface area contributed by atoms with Crippen LogP contribution in [0.3, 0.4) is 0 Å². The lowest BCUT2D eigenvalue weighted by Gasteiger charge is -2.11. The van der Waals surface area contributed by atoms with Crippen molar-refractivity contribution >= 4 is 11.6 Å². The van der Waals surface area contributed by atoms with Crippen molar-refractivity contribution in [2.75, 3.05) is 11.9 Å². The Morgan fingerprint density at radius 1 is 0.968 bits per heavy atom. The van der Waals surface area contributed by atoms with Crippen LogP contribution in [-0.2, 0) is 4.79 Å². The van der Waals surface area contributed by atoms with Gasteiger partial charge in [0.05, 0.1) is 5.56 Å². The van der Waals surface area contributed by atoms with Crippen LogP contribution in [0.5, 0.6) is 5.75 Å². The predicted molar refractivity (Wildman–Crippen MR) is 120 cm³/mol. The molecule has 1 heterocycles. The van der Waals surface area contributed by atoms with E-state index in [0.29, 0.717) is 23.0 Å². The summed E-state index contributed by atoms with van der Waals surface area (Å²) in [4.78, 5) is 16.9. The van der Waals surface area contributed by atoms with Crippen molar-refractivity contribution in [3.05, 3.63) is 83.4 Å². The minimum atomic E-state index is -0.241. The largest absolute Gasteiger partial charge is 0.483 e. The van der Waals surface area contributed by atoms with Crippen LogP contribution in [0.15, 0.2) is 71.3 Å². The fourth-order valence-electron chi connectivity index (χ4n) is 3.20. The number of para-hydroxylation sites is 1. The number of carbonyl (C=O) groups excluding carboxylic acids is 1. The molecule has 0 aliphatic carbocycles. The highest BCUT2D eigenvalue weighted by Gasteiger charge is 2.16. The maximum Gasteiger partial charge on any atom is 0.262 e. The Morgan fingerprint density at radius 3 is 2.61 bits per heavy atom. The lowest BCUT2D eigenvalue weighted by molar-refractivity contribution is -0.118. The average molecular weight is 413 g/mol. The van der Waals surface area contributed by atoms with Crippen LogP contribution >= 0.6 is 0 Å². The van der Waals surface area contributed by atoms with Gasteiger partial charge in [0.2, 0.25) is 5.82 Å². The van der Waals surface area contributed by atoms with E-state index in [1.807, 2.05) is 81.4 Å². The molecule has 0 atom stereocenters. The summed E-state index contributed by atoms with van der Waals surface area (Å²) >= 11 is 0. The maximum atomic E-state index is 12.4. The van der Waals surface area contributed by atoms with E-state index in [-0.39, 0.29) is 12.5 Å². The smallest absolute Gasteiger partial charge is 0.262 e. The summed E-state index contributed by atoms with van der Waals surface area (Å²) in [5, 5.41) is 6.99. The molecule has 1 N–H and O–H groups in total. The number of carbonyl (C=O) groups is 1. The highest BCUT2D eigenvalue weighted by molar-refractivity contribution is 5.92. The predicted octanol–water partition coefficient (Wildman–Crippen LogP) is 5.35. The van der Waals surface area contributed by atoms with Crippen LogP contribution in [-0.4, -0.2) is 22.7 Å². The highest BCUT2D eigenvalue weighted by atomic mass is 16.5. The Morgan fingerprint density at radius 2 is 1.77 bits per heavy atom. The first-order chi connectivity index (χ1) is 15.0. The quantitative estimate of drug-likeness (QED) is 0.461. The number of amides is 1. The van der Waals surface area contributed by atoms with Gasteiger partial charge in [0.15, 0.2) is 6.61 Å². The summed E-state index contributed by atoms with van der Waals surface area (Å²) in [6.45, 7) is 5.81. The highest BCUT2D eigenvalue weighted by Crippen LogP contribution is 2.30. The molecule has 0 radical (unpaired) electrons. The minimum Gasteiger partial charge on any atom is -0.483 e. The lowest BCUT2D eigenvalue weighted by Crippen LogP contribution is -2.20. The third-order valence-corrected chi connectivity index (χ3v) is 4.85. The van der Waals surface area contributed by atoms with E-state index in [1.54, 1.807) is 6.07 Å². The van der Waals surface area contributed by atoms with Crippen molar-refractivity contribution < 1.29 is 14.1 Å². The lowest BCUT2D eigenvalue weighted by atomic mass is 10.1. The molecule has 0 spiro atoms. The number of rotatable bonds is 6. The first-order valence-corrected chi connectivity index (χ1v) is 9.99. The van der Waals surface area contributed by atoms with Gasteiger partial charge in [0.1, 0.15) is 5.75 Å². The third kappa shape index (κ3) is 4.80. The number of hydrogen-bond donors (Lipinski definition) is 1. The second-order valence-electron chi connectivity index (χ2n) is 7.44. The molecule has 0 aliphatic rings. The first-order valence-electron chi connectivity index (χ1n) is 9.99. The third-order valence-electron chi connectivity index (χ3n) is 4.85. The number of anilines is 1. The molecular weight excluding hydrogens is 390 g/mol. The summed E-state index contributed by atoms with van der Waals surface area (Å²) in [5.74, 6) is 1.09. The number of ether oxygens (including phenoxy) is 1. The van der Waals surface area contributed by atoms with Gasteiger partial charge in [-0.2, -0.15) is 4.98 Å². The summed E-state index contributed by atoms with van der Waals surface area (Å²) in [7, 11) is 0. The Balaban J connectivity index is 1.49. The van der Waals surface area contributed by atoms with Crippen LogP contribution in [0, 0.1) is 20.8 Å². The SMILES string of the molecule is Cc1cccc(-c2noc(-c3ccccc3OCC(=O)Nc3cc(C)ccc3C)n2)c1. The van der Waals surface area contributed by atoms with Crippen molar-refractivity contribution in [3.8, 4) is 28.6 Å². The fraction of sp³-hybridized carbons (Fsp3) is 0.160. The van der Waals surface area contributed by atoms with Gasteiger partial charge in [-0.15, -0.1) is 0 Å². The van der Waals surface area contributed by atoms with Gasteiger partial charge < -0.3 is 14.6 Å². The number of aryl methyl sites for hydroxylation is 3. The molecule has 0 fully saturated rings. The average Bonchev–Trinajstić information content (AvgIpc) is 3.25. The van der Waals surface area contributed by atoms with Crippen LogP contribution in [0.1, 0.15) is 16.7 Å². The molecular formula is C25H23N3O3. The zero-order chi connectivity index (χ0) is 21.8. The Kier molecular flexibility index (Phi) is 5.80. The van der Waals surface area contributed by atoms with E-state index >= 15 is 0 Å². The molecule has 0 bridgehead atoms. The number of nitrogens with one attached hydrogen (secondary N) is 1. The maximum absolute atomic E-state index is 12.4. The van der Waals surface area contributed by atoms with Crippen molar-refractivity contribution in [1.29, 1.82) is 0 Å². The van der Waals surface area contributed by atoms with Crippen molar-refractivity contribution in [1.82, 2.24) is 10.1 Å². The molecule has 6 nitrogen and oxygen atoms in total. The Hall–Kier alpha value is -3.93. The number of aromatic nitrogens is 2. The van der Waals surface area contributed by atoms with E-state index < -0.39 is 0 Å². The second kappa shape index (κ2) is 8.83. The molecule has 4 aromatic rings. The molecule has 0 saturated carbocycles. The monoisotopic (exact) mass is 413 g/mol. The molecule has 6 heteroatoms. The van der Waals surface area contributed by atoms with E-state index in [4.69, 9.17) is 9.26 Å². The van der Waals surface area contributed by atoms with Gasteiger partial charge >= 0.3 is 0 Å². The van der Waals surface area contributed by atoms with Gasteiger partial charge in [0.25, 0.3) is 11.8 Å². The molecule has 0 unspecified atom stereocenters. The van der Waals surface area contributed by atoms with Gasteiger partial charge in [-0.3, -0.25) is 4.79 Å². The summed E-state index contributed by atoms with van der Waals surface area (Å²) in [6.07, 6.45) is 0. The molecule has 31 heavy (non-hydrogen) atoms. The molecule has 3 aromatic carbocycles. The summed E-state index contributed by atoms with van der Waals surface area (Å²) in [5.41, 5.74) is 5.47. The zero-order valence-corrected chi connectivity index (χ0v) is 17.7. The fourth-order valence-corrected chi connectivity index (χ4v) is 3.20. The van der Waals surface area contributed by atoms with E-state index in [9.17, 15) is 4.79 Å². The van der Waals surface area contributed by atoms with Crippen molar-refractivity contribution in [3.63, 3.8) is 0 Å². The van der Waals surface area contributed by atoms with Gasteiger partial charge in [0, 0.05) is 11.3 Å². The Labute approximate surface area is 180 Å². The standard InChI is InChI=1S/C25H23N3O3/c1-16-7-6-8-19(13-16)24-27-25(31-28-24)20-9-4-5-10-22(20)30-15-23(29)26-21-14-17(2)11-12-18(21)3/h4-14H,15H2,1-3H3,(H,26,29). The van der Waals surface area contributed by atoms with E-state index in [1.165, 1.54) is 0 Å². The van der Waals surface area contributed by atoms with Gasteiger partial charge in [-0.1, -0.05) is 53.2 Å². The number of benzene rings is 3. The number of hydrogen-bond acceptors (Lipinski definition) is 5. The molecule has 156 valence electrons. The Bertz CT molecular complexity index is 1230. The first kappa shape index (κ1) is 20.3. The molecule has 1 aromatic heterocycles. The molecule has 1 amide bonds. The van der Waals surface area contributed by atoms with Crippen LogP contribution in [0.2, 0.25) is 0 Å². The van der Waals surface area contributed by atoms with Gasteiger partial charge in [-0.25, -0.2) is 0 Å². The summed E-state index contributed by atoms with van der Waals surface area (Å²) in [6, 6.07) is 21.1. The van der Waals surface area contributed by atoms with Crippen molar-refractivity contribution in [2.24, 2.45) is 0 Å². The van der Waals surface area contributed by atoms with Gasteiger partial charge in [-0.05, 0) is 56.2 Å². The topological polar surface area (TPSA) is 77.2 Å².